The first-order chi connectivity index (χ1) is 9.92. The Morgan fingerprint density at radius 1 is 1.38 bits per heavy atom. The van der Waals surface area contributed by atoms with Gasteiger partial charge in [0.2, 0.25) is 0 Å². The average molecular weight is 292 g/mol. The van der Waals surface area contributed by atoms with Crippen molar-refractivity contribution >= 4 is 0 Å². The predicted molar refractivity (Wildman–Crippen MR) is 88.4 cm³/mol. The normalized spacial score (nSPS) is 24.9. The molecule has 0 spiro atoms. The van der Waals surface area contributed by atoms with Crippen molar-refractivity contribution in [3.8, 4) is 0 Å². The maximum atomic E-state index is 5.69. The van der Waals surface area contributed by atoms with Crippen LogP contribution in [-0.4, -0.2) is 31.1 Å². The van der Waals surface area contributed by atoms with E-state index >= 15 is 0 Å². The van der Waals surface area contributed by atoms with Crippen LogP contribution in [0.3, 0.4) is 0 Å². The molecule has 0 amide bonds. The summed E-state index contributed by atoms with van der Waals surface area (Å²) < 4.78 is 5.69. The van der Waals surface area contributed by atoms with Crippen molar-refractivity contribution in [3.63, 3.8) is 0 Å². The Balaban J connectivity index is 1.90. The number of nitrogens with zero attached hydrogens (tertiary/aromatic N) is 1. The zero-order valence-corrected chi connectivity index (χ0v) is 14.4. The van der Waals surface area contributed by atoms with Crippen LogP contribution in [0.2, 0.25) is 0 Å². The Kier molecular flexibility index (Phi) is 5.50. The van der Waals surface area contributed by atoms with Gasteiger partial charge in [0.15, 0.2) is 0 Å². The van der Waals surface area contributed by atoms with Crippen molar-refractivity contribution in [1.29, 1.82) is 0 Å². The molecule has 1 aromatic heterocycles. The molecule has 1 saturated carbocycles. The maximum Gasteiger partial charge on any atom is 0.118 e. The van der Waals surface area contributed by atoms with Gasteiger partial charge >= 0.3 is 0 Å². The molecule has 1 heterocycles. The van der Waals surface area contributed by atoms with Crippen molar-refractivity contribution in [3.05, 3.63) is 23.7 Å². The van der Waals surface area contributed by atoms with Gasteiger partial charge in [-0.15, -0.1) is 0 Å². The van der Waals surface area contributed by atoms with E-state index in [9.17, 15) is 0 Å². The Labute approximate surface area is 130 Å². The van der Waals surface area contributed by atoms with E-state index in [2.05, 4.69) is 44.1 Å². The van der Waals surface area contributed by atoms with Crippen LogP contribution in [-0.2, 0) is 6.54 Å². The standard InChI is InChI=1S/C18H32N2O/c1-6-11-19-17-15(9-10-18(17,3)4)12-20(5)13-16-8-7-14(2)21-16/h7-8,15,17,19H,6,9-13H2,1-5H3. The summed E-state index contributed by atoms with van der Waals surface area (Å²) in [7, 11) is 2.21. The molecule has 1 aromatic rings. The van der Waals surface area contributed by atoms with Crippen LogP contribution in [0.4, 0.5) is 0 Å². The van der Waals surface area contributed by atoms with Gasteiger partial charge in [0.1, 0.15) is 11.5 Å². The average Bonchev–Trinajstić information content (AvgIpc) is 2.92. The van der Waals surface area contributed by atoms with Gasteiger partial charge in [-0.2, -0.15) is 0 Å². The molecule has 1 aliphatic carbocycles. The topological polar surface area (TPSA) is 28.4 Å². The second-order valence-corrected chi connectivity index (χ2v) is 7.43. The largest absolute Gasteiger partial charge is 0.465 e. The minimum atomic E-state index is 0.419. The van der Waals surface area contributed by atoms with Crippen molar-refractivity contribution < 1.29 is 4.42 Å². The molecule has 1 fully saturated rings. The quantitative estimate of drug-likeness (QED) is 0.828. The van der Waals surface area contributed by atoms with Crippen LogP contribution >= 0.6 is 0 Å². The van der Waals surface area contributed by atoms with Crippen LogP contribution < -0.4 is 5.32 Å². The van der Waals surface area contributed by atoms with E-state index in [0.29, 0.717) is 11.5 Å². The van der Waals surface area contributed by atoms with Crippen LogP contribution in [0, 0.1) is 18.3 Å². The smallest absolute Gasteiger partial charge is 0.118 e. The van der Waals surface area contributed by atoms with Crippen LogP contribution in [0.5, 0.6) is 0 Å². The highest BCUT2D eigenvalue weighted by Crippen LogP contribution is 2.41. The van der Waals surface area contributed by atoms with E-state index in [1.165, 1.54) is 19.3 Å². The van der Waals surface area contributed by atoms with Crippen molar-refractivity contribution in [1.82, 2.24) is 10.2 Å². The predicted octanol–water partition coefficient (Wildman–Crippen LogP) is 3.82. The second-order valence-electron chi connectivity index (χ2n) is 7.43. The van der Waals surface area contributed by atoms with E-state index in [1.54, 1.807) is 0 Å². The molecule has 0 radical (unpaired) electrons. The third-order valence-corrected chi connectivity index (χ3v) is 4.85. The lowest BCUT2D eigenvalue weighted by Crippen LogP contribution is -2.45. The van der Waals surface area contributed by atoms with E-state index in [4.69, 9.17) is 4.42 Å². The first-order valence-corrected chi connectivity index (χ1v) is 8.39. The first-order valence-electron chi connectivity index (χ1n) is 8.39. The number of aryl methyl sites for hydroxylation is 1. The molecule has 21 heavy (non-hydrogen) atoms. The van der Waals surface area contributed by atoms with E-state index in [1.807, 2.05) is 13.0 Å². The Morgan fingerprint density at radius 3 is 2.76 bits per heavy atom. The van der Waals surface area contributed by atoms with Gasteiger partial charge in [0, 0.05) is 12.6 Å². The zero-order valence-electron chi connectivity index (χ0n) is 14.4. The summed E-state index contributed by atoms with van der Waals surface area (Å²) in [6.45, 7) is 12.3. The van der Waals surface area contributed by atoms with Crippen LogP contribution in [0.25, 0.3) is 0 Å². The molecule has 0 aromatic carbocycles. The van der Waals surface area contributed by atoms with E-state index in [0.717, 1.165) is 37.1 Å². The molecule has 0 aliphatic heterocycles. The van der Waals surface area contributed by atoms with Crippen molar-refractivity contribution in [2.45, 2.75) is 59.5 Å². The summed E-state index contributed by atoms with van der Waals surface area (Å²) in [6, 6.07) is 4.78. The molecule has 3 nitrogen and oxygen atoms in total. The Hall–Kier alpha value is -0.800. The molecule has 1 aliphatic rings. The van der Waals surface area contributed by atoms with Crippen LogP contribution in [0.15, 0.2) is 16.5 Å². The molecule has 120 valence electrons. The number of rotatable bonds is 7. The molecule has 3 heteroatoms. The van der Waals surface area contributed by atoms with Crippen molar-refractivity contribution in [2.75, 3.05) is 20.1 Å². The van der Waals surface area contributed by atoms with Gasteiger partial charge in [0.25, 0.3) is 0 Å². The van der Waals surface area contributed by atoms with Gasteiger partial charge < -0.3 is 9.73 Å². The fourth-order valence-electron chi connectivity index (χ4n) is 3.76. The second kappa shape index (κ2) is 6.97. The zero-order chi connectivity index (χ0) is 15.5. The molecule has 2 unspecified atom stereocenters. The third-order valence-electron chi connectivity index (χ3n) is 4.85. The highest BCUT2D eigenvalue weighted by Gasteiger charge is 2.41. The highest BCUT2D eigenvalue weighted by molar-refractivity contribution is 5.05. The number of nitrogens with one attached hydrogen (secondary N) is 1. The fraction of sp³-hybridized carbons (Fsp3) is 0.778. The van der Waals surface area contributed by atoms with E-state index < -0.39 is 0 Å². The maximum absolute atomic E-state index is 5.69. The fourth-order valence-corrected chi connectivity index (χ4v) is 3.76. The number of hydrogen-bond donors (Lipinski definition) is 1. The minimum absolute atomic E-state index is 0.419. The third kappa shape index (κ3) is 4.33. The summed E-state index contributed by atoms with van der Waals surface area (Å²) >= 11 is 0. The Bertz CT molecular complexity index is 438. The van der Waals surface area contributed by atoms with Gasteiger partial charge in [-0.25, -0.2) is 0 Å². The van der Waals surface area contributed by atoms with Crippen molar-refractivity contribution in [2.24, 2.45) is 11.3 Å². The first kappa shape index (κ1) is 16.6. The molecule has 0 bridgehead atoms. The summed E-state index contributed by atoms with van der Waals surface area (Å²) in [5.74, 6) is 2.82. The Morgan fingerprint density at radius 2 is 2.14 bits per heavy atom. The van der Waals surface area contributed by atoms with Gasteiger partial charge in [-0.3, -0.25) is 4.90 Å². The van der Waals surface area contributed by atoms with Crippen LogP contribution in [0.1, 0.15) is 51.6 Å². The summed E-state index contributed by atoms with van der Waals surface area (Å²) in [4.78, 5) is 2.41. The highest BCUT2D eigenvalue weighted by atomic mass is 16.3. The SMILES string of the molecule is CCCNC1C(CN(C)Cc2ccc(C)o2)CCC1(C)C. The molecule has 2 atom stereocenters. The lowest BCUT2D eigenvalue weighted by Gasteiger charge is -2.33. The summed E-state index contributed by atoms with van der Waals surface area (Å²) in [5.41, 5.74) is 0.419. The lowest BCUT2D eigenvalue weighted by molar-refractivity contribution is 0.193. The molecule has 2 rings (SSSR count). The van der Waals surface area contributed by atoms with Gasteiger partial charge in [-0.05, 0) is 63.2 Å². The van der Waals surface area contributed by atoms with Gasteiger partial charge in [0.05, 0.1) is 6.54 Å². The number of furan rings is 1. The van der Waals surface area contributed by atoms with E-state index in [-0.39, 0.29) is 0 Å². The summed E-state index contributed by atoms with van der Waals surface area (Å²) in [6.07, 6.45) is 3.86. The molecule has 1 N–H and O–H groups in total. The lowest BCUT2D eigenvalue weighted by atomic mass is 9.84. The molecule has 0 saturated heterocycles. The number of hydrogen-bond acceptors (Lipinski definition) is 3. The van der Waals surface area contributed by atoms with Gasteiger partial charge in [-0.1, -0.05) is 20.8 Å². The minimum Gasteiger partial charge on any atom is -0.465 e. The summed E-state index contributed by atoms with van der Waals surface area (Å²) in [5, 5.41) is 3.79. The monoisotopic (exact) mass is 292 g/mol. The molecular weight excluding hydrogens is 260 g/mol. The molecular formula is C18H32N2O.